The summed E-state index contributed by atoms with van der Waals surface area (Å²) < 4.78 is 3.25. The van der Waals surface area contributed by atoms with Gasteiger partial charge in [0.1, 0.15) is 5.78 Å². The fourth-order valence-electron chi connectivity index (χ4n) is 4.83. The van der Waals surface area contributed by atoms with E-state index in [0.29, 0.717) is 5.78 Å². The van der Waals surface area contributed by atoms with Crippen LogP contribution < -0.4 is 10.2 Å². The number of ketones is 1. The van der Waals surface area contributed by atoms with Gasteiger partial charge in [-0.2, -0.15) is 0 Å². The van der Waals surface area contributed by atoms with E-state index in [1.54, 1.807) is 8.87 Å². The Hall–Kier alpha value is -0.591. The summed E-state index contributed by atoms with van der Waals surface area (Å²) in [6.45, 7) is 9.03. The smallest absolute Gasteiger partial charge is 0.132 e. The molecular weight excluding hydrogens is 655 g/mol. The Morgan fingerprint density at radius 2 is 0.773 bits per heavy atom. The maximum atomic E-state index is 10.5. The Morgan fingerprint density at radius 1 is 0.477 bits per heavy atom. The molecule has 1 aliphatic rings. The molecule has 0 aromatic carbocycles. The van der Waals surface area contributed by atoms with E-state index in [0.717, 1.165) is 51.4 Å². The molecule has 0 saturated heterocycles. The van der Waals surface area contributed by atoms with E-state index in [1.807, 2.05) is 0 Å². The van der Waals surface area contributed by atoms with E-state index < -0.39 is 11.9 Å². The molecule has 1 saturated carbocycles. The summed E-state index contributed by atoms with van der Waals surface area (Å²) >= 11 is 0.149. The molecule has 0 aromatic heterocycles. The van der Waals surface area contributed by atoms with Gasteiger partial charge in [0.25, 0.3) is 0 Å². The van der Waals surface area contributed by atoms with Crippen molar-refractivity contribution < 1.29 is 24.6 Å². The van der Waals surface area contributed by atoms with Crippen molar-refractivity contribution in [2.75, 3.05) is 0 Å². The molecule has 44 heavy (non-hydrogen) atoms. The second-order valence-corrected chi connectivity index (χ2v) is 16.7. The zero-order chi connectivity index (χ0) is 33.4. The van der Waals surface area contributed by atoms with Crippen molar-refractivity contribution in [2.45, 2.75) is 223 Å². The SMILES string of the molecule is CCCCCCCCCCCC(=O)[O-].CCCCCCCCCCCC(=O)[O-].CCC[CH2][Sn+2][CH2]CCC.O=C1CCCCC1. The van der Waals surface area contributed by atoms with Crippen LogP contribution in [-0.4, -0.2) is 38.9 Å². The standard InChI is InChI=1S/2C12H24O2.C6H10O.2C4H9.Sn/c2*1-2-3-4-5-6-7-8-9-10-11-12(13)14;7-6-4-2-1-3-5-6;2*1-3-4-2;/h2*2-11H2,1H3,(H,13,14);1-5H2;2*1,3-4H2,2H3;/q;;;;;+2/p-2. The summed E-state index contributed by atoms with van der Waals surface area (Å²) in [6.07, 6.45) is 33.4. The van der Waals surface area contributed by atoms with Crippen molar-refractivity contribution in [3.63, 3.8) is 0 Å². The van der Waals surface area contributed by atoms with Gasteiger partial charge in [-0.25, -0.2) is 0 Å². The van der Waals surface area contributed by atoms with E-state index in [2.05, 4.69) is 27.7 Å². The van der Waals surface area contributed by atoms with Crippen LogP contribution in [0.4, 0.5) is 0 Å². The third-order valence-electron chi connectivity index (χ3n) is 7.79. The van der Waals surface area contributed by atoms with Crippen LogP contribution >= 0.6 is 0 Å². The molecular formula is C38H74O5Sn. The number of aliphatic carboxylic acids is 2. The monoisotopic (exact) mass is 730 g/mol. The summed E-state index contributed by atoms with van der Waals surface area (Å²) in [4.78, 5) is 30.7. The molecule has 0 radical (unpaired) electrons. The Balaban J connectivity index is -0.000000527. The van der Waals surface area contributed by atoms with E-state index in [-0.39, 0.29) is 34.0 Å². The van der Waals surface area contributed by atoms with Crippen LogP contribution in [0.5, 0.6) is 0 Å². The van der Waals surface area contributed by atoms with E-state index in [9.17, 15) is 24.6 Å². The third kappa shape index (κ3) is 53.9. The molecule has 0 spiro atoms. The normalized spacial score (nSPS) is 12.0. The van der Waals surface area contributed by atoms with Gasteiger partial charge in [-0.05, 0) is 38.5 Å². The number of carboxylic acid groups (broad SMARTS) is 2. The third-order valence-corrected chi connectivity index (χ3v) is 11.8. The average Bonchev–Trinajstić information content (AvgIpc) is 3.00. The van der Waals surface area contributed by atoms with E-state index in [1.165, 1.54) is 122 Å². The van der Waals surface area contributed by atoms with Crippen molar-refractivity contribution >= 4 is 38.9 Å². The molecule has 5 nitrogen and oxygen atoms in total. The topological polar surface area (TPSA) is 97.3 Å². The molecule has 0 unspecified atom stereocenters. The van der Waals surface area contributed by atoms with Crippen molar-refractivity contribution in [1.29, 1.82) is 0 Å². The van der Waals surface area contributed by atoms with Crippen LogP contribution in [0.3, 0.4) is 0 Å². The van der Waals surface area contributed by atoms with Gasteiger partial charge in [0, 0.05) is 24.8 Å². The molecule has 0 amide bonds. The molecule has 260 valence electrons. The zero-order valence-corrected chi connectivity index (χ0v) is 32.8. The minimum absolute atomic E-state index is 0.149. The summed E-state index contributed by atoms with van der Waals surface area (Å²) in [5, 5.41) is 20.2. The maximum Gasteiger partial charge on any atom is 0.132 e. The first-order valence-corrected chi connectivity index (χ1v) is 23.0. The van der Waals surface area contributed by atoms with Gasteiger partial charge < -0.3 is 19.8 Å². The minimum atomic E-state index is -0.909. The second kappa shape index (κ2) is 44.5. The zero-order valence-electron chi connectivity index (χ0n) is 30.0. The van der Waals surface area contributed by atoms with Crippen LogP contribution in [-0.2, 0) is 14.4 Å². The van der Waals surface area contributed by atoms with Crippen molar-refractivity contribution in [1.82, 2.24) is 0 Å². The number of hydrogen-bond donors (Lipinski definition) is 0. The Labute approximate surface area is 285 Å². The fourth-order valence-corrected chi connectivity index (χ4v) is 8.99. The fraction of sp³-hybridized carbons (Fsp3) is 0.921. The van der Waals surface area contributed by atoms with Gasteiger partial charge in [0.05, 0.1) is 0 Å². The Morgan fingerprint density at radius 3 is 1.02 bits per heavy atom. The van der Waals surface area contributed by atoms with Gasteiger partial charge in [0.15, 0.2) is 0 Å². The van der Waals surface area contributed by atoms with Crippen LogP contribution in [0, 0.1) is 0 Å². The van der Waals surface area contributed by atoms with Crippen molar-refractivity contribution in [3.8, 4) is 0 Å². The molecule has 0 N–H and O–H groups in total. The van der Waals surface area contributed by atoms with Gasteiger partial charge in [-0.15, -0.1) is 0 Å². The number of rotatable bonds is 26. The van der Waals surface area contributed by atoms with Gasteiger partial charge in [0.2, 0.25) is 0 Å². The predicted octanol–water partition coefficient (Wildman–Crippen LogP) is 9.96. The number of unbranched alkanes of at least 4 members (excludes halogenated alkanes) is 18. The quantitative estimate of drug-likeness (QED) is 0.0652. The largest absolute Gasteiger partial charge is 0.300 e. The first-order valence-electron chi connectivity index (χ1n) is 19.0. The first kappa shape index (κ1) is 47.8. The second-order valence-electron chi connectivity index (χ2n) is 12.5. The minimum Gasteiger partial charge on any atom is -0.300 e. The van der Waals surface area contributed by atoms with E-state index in [4.69, 9.17) is 0 Å². The van der Waals surface area contributed by atoms with Crippen LogP contribution in [0.15, 0.2) is 0 Å². The molecule has 0 aromatic rings. The van der Waals surface area contributed by atoms with Crippen LogP contribution in [0.25, 0.3) is 0 Å². The van der Waals surface area contributed by atoms with Gasteiger partial charge in [-0.3, -0.25) is 4.79 Å². The molecule has 6 heteroatoms. The molecule has 0 aliphatic heterocycles. The molecule has 1 fully saturated rings. The van der Waals surface area contributed by atoms with Crippen LogP contribution in [0.2, 0.25) is 8.87 Å². The molecule has 0 atom stereocenters. The molecule has 1 aliphatic carbocycles. The van der Waals surface area contributed by atoms with Crippen molar-refractivity contribution in [3.05, 3.63) is 0 Å². The Kier molecular flexibility index (Phi) is 48.4. The molecule has 0 heterocycles. The summed E-state index contributed by atoms with van der Waals surface area (Å²) in [6, 6.07) is 0. The van der Waals surface area contributed by atoms with Crippen LogP contribution in [0.1, 0.15) is 214 Å². The summed E-state index contributed by atoms with van der Waals surface area (Å²) in [5.41, 5.74) is 0. The first-order chi connectivity index (χ1) is 21.3. The number of hydrogen-bond acceptors (Lipinski definition) is 5. The van der Waals surface area contributed by atoms with Gasteiger partial charge in [-0.1, -0.05) is 123 Å². The average molecular weight is 730 g/mol. The summed E-state index contributed by atoms with van der Waals surface area (Å²) in [7, 11) is 0. The maximum absolute atomic E-state index is 10.5. The van der Waals surface area contributed by atoms with Gasteiger partial charge >= 0.3 is 69.5 Å². The Bertz CT molecular complexity index is 536. The number of carboxylic acids is 2. The van der Waals surface area contributed by atoms with Crippen molar-refractivity contribution in [2.24, 2.45) is 0 Å². The number of carbonyl (C=O) groups is 3. The molecule has 0 bridgehead atoms. The number of carbonyl (C=O) groups excluding carboxylic acids is 3. The van der Waals surface area contributed by atoms with E-state index >= 15 is 0 Å². The molecule has 1 rings (SSSR count). The predicted molar refractivity (Wildman–Crippen MR) is 187 cm³/mol. The summed E-state index contributed by atoms with van der Waals surface area (Å²) in [5.74, 6) is -1.35. The number of Topliss-reactive ketones (excluding diaryl/α,β-unsaturated/α-hetero) is 1.